The minimum atomic E-state index is 0.649. The van der Waals surface area contributed by atoms with Gasteiger partial charge in [-0.3, -0.25) is 4.90 Å². The van der Waals surface area contributed by atoms with Gasteiger partial charge in [-0.2, -0.15) is 0 Å². The monoisotopic (exact) mass is 274 g/mol. The van der Waals surface area contributed by atoms with Crippen LogP contribution in [0.15, 0.2) is 18.2 Å². The third-order valence-electron chi connectivity index (χ3n) is 4.98. The second-order valence-corrected chi connectivity index (χ2v) is 6.16. The molecule has 2 fully saturated rings. The molecule has 2 unspecified atom stereocenters. The number of fused-ring (bicyclic) bond motifs is 1. The van der Waals surface area contributed by atoms with Crippen LogP contribution in [0.2, 0.25) is 0 Å². The largest absolute Gasteiger partial charge is 0.497 e. The van der Waals surface area contributed by atoms with E-state index in [9.17, 15) is 0 Å². The molecule has 0 radical (unpaired) electrons. The zero-order chi connectivity index (χ0) is 14.1. The number of aryl methyl sites for hydroxylation is 1. The molecule has 0 amide bonds. The highest BCUT2D eigenvalue weighted by Crippen LogP contribution is 2.33. The molecule has 2 heterocycles. The molecule has 20 heavy (non-hydrogen) atoms. The molecule has 2 aliphatic heterocycles. The van der Waals surface area contributed by atoms with Crippen LogP contribution in [0.25, 0.3) is 0 Å². The van der Waals surface area contributed by atoms with E-state index in [-0.39, 0.29) is 0 Å². The van der Waals surface area contributed by atoms with Gasteiger partial charge in [0.25, 0.3) is 0 Å². The Labute approximate surface area is 122 Å². The molecule has 3 nitrogen and oxygen atoms in total. The number of hydrogen-bond donors (Lipinski definition) is 0. The number of benzene rings is 1. The van der Waals surface area contributed by atoms with E-state index in [0.29, 0.717) is 6.04 Å². The van der Waals surface area contributed by atoms with Crippen molar-refractivity contribution in [3.05, 3.63) is 23.8 Å². The lowest BCUT2D eigenvalue weighted by atomic mass is 10.0. The molecule has 3 heteroatoms. The fourth-order valence-corrected chi connectivity index (χ4v) is 3.81. The quantitative estimate of drug-likeness (QED) is 0.842. The van der Waals surface area contributed by atoms with E-state index in [0.717, 1.165) is 11.8 Å². The molecule has 3 rings (SSSR count). The van der Waals surface area contributed by atoms with Gasteiger partial charge >= 0.3 is 0 Å². The summed E-state index contributed by atoms with van der Waals surface area (Å²) in [6, 6.07) is 7.90. The van der Waals surface area contributed by atoms with Gasteiger partial charge in [-0.15, -0.1) is 0 Å². The predicted octanol–water partition coefficient (Wildman–Crippen LogP) is 3.07. The highest BCUT2D eigenvalue weighted by Gasteiger charge is 2.35. The molecule has 0 aliphatic carbocycles. The first-order valence-electron chi connectivity index (χ1n) is 7.88. The normalized spacial score (nSPS) is 26.6. The Balaban J connectivity index is 1.87. The molecule has 0 bridgehead atoms. The number of hydrogen-bond acceptors (Lipinski definition) is 3. The topological polar surface area (TPSA) is 15.7 Å². The predicted molar refractivity (Wildman–Crippen MR) is 83.8 cm³/mol. The van der Waals surface area contributed by atoms with Gasteiger partial charge in [-0.25, -0.2) is 0 Å². The average Bonchev–Trinajstić information content (AvgIpc) is 2.92. The summed E-state index contributed by atoms with van der Waals surface area (Å²) in [4.78, 5) is 5.34. The van der Waals surface area contributed by atoms with Crippen molar-refractivity contribution >= 4 is 5.69 Å². The van der Waals surface area contributed by atoms with Crippen molar-refractivity contribution < 1.29 is 4.74 Å². The maximum atomic E-state index is 5.33. The molecule has 1 aromatic rings. The molecule has 1 aromatic carbocycles. The zero-order valence-electron chi connectivity index (χ0n) is 12.9. The molecular formula is C17H26N2O. The third kappa shape index (κ3) is 2.39. The summed E-state index contributed by atoms with van der Waals surface area (Å²) < 4.78 is 5.33. The standard InChI is InChI=1S/C17H26N2O/c1-4-14-11-18-9-5-6-15(18)12-19(14)17-8-7-16(20-3)10-13(17)2/h7-8,10,14-15H,4-6,9,11-12H2,1-3H3. The molecule has 2 aliphatic rings. The number of ether oxygens (including phenoxy) is 1. The molecule has 2 saturated heterocycles. The van der Waals surface area contributed by atoms with Gasteiger partial charge < -0.3 is 9.64 Å². The minimum absolute atomic E-state index is 0.649. The number of methoxy groups -OCH3 is 1. The van der Waals surface area contributed by atoms with E-state index < -0.39 is 0 Å². The summed E-state index contributed by atoms with van der Waals surface area (Å²) in [5, 5.41) is 0. The lowest BCUT2D eigenvalue weighted by Gasteiger charge is -2.45. The summed E-state index contributed by atoms with van der Waals surface area (Å²) in [5.41, 5.74) is 2.72. The van der Waals surface area contributed by atoms with Gasteiger partial charge in [0.1, 0.15) is 5.75 Å². The zero-order valence-corrected chi connectivity index (χ0v) is 12.9. The summed E-state index contributed by atoms with van der Waals surface area (Å²) in [6.45, 7) is 8.23. The fraction of sp³-hybridized carbons (Fsp3) is 0.647. The van der Waals surface area contributed by atoms with Crippen LogP contribution in [0.1, 0.15) is 31.7 Å². The van der Waals surface area contributed by atoms with Crippen molar-refractivity contribution in [2.24, 2.45) is 0 Å². The fourth-order valence-electron chi connectivity index (χ4n) is 3.81. The van der Waals surface area contributed by atoms with Gasteiger partial charge in [0.15, 0.2) is 0 Å². The van der Waals surface area contributed by atoms with E-state index in [1.807, 2.05) is 0 Å². The summed E-state index contributed by atoms with van der Waals surface area (Å²) in [6.07, 6.45) is 3.95. The summed E-state index contributed by atoms with van der Waals surface area (Å²) >= 11 is 0. The third-order valence-corrected chi connectivity index (χ3v) is 4.98. The first-order chi connectivity index (χ1) is 9.72. The summed E-state index contributed by atoms with van der Waals surface area (Å²) in [5.74, 6) is 0.957. The second-order valence-electron chi connectivity index (χ2n) is 6.16. The number of piperazine rings is 1. The second kappa shape index (κ2) is 5.65. The van der Waals surface area contributed by atoms with Gasteiger partial charge in [0.2, 0.25) is 0 Å². The highest BCUT2D eigenvalue weighted by molar-refractivity contribution is 5.57. The SMILES string of the molecule is CCC1CN2CCCC2CN1c1ccc(OC)cc1C. The smallest absolute Gasteiger partial charge is 0.119 e. The van der Waals surface area contributed by atoms with Crippen molar-refractivity contribution in [1.82, 2.24) is 4.90 Å². The van der Waals surface area contributed by atoms with Crippen molar-refractivity contribution in [2.45, 2.75) is 45.2 Å². The Bertz CT molecular complexity index is 474. The van der Waals surface area contributed by atoms with Crippen molar-refractivity contribution in [2.75, 3.05) is 31.6 Å². The average molecular weight is 274 g/mol. The Kier molecular flexibility index (Phi) is 3.88. The molecule has 0 saturated carbocycles. The Morgan fingerprint density at radius 3 is 2.85 bits per heavy atom. The maximum absolute atomic E-state index is 5.33. The van der Waals surface area contributed by atoms with Crippen molar-refractivity contribution in [1.29, 1.82) is 0 Å². The number of anilines is 1. The van der Waals surface area contributed by atoms with E-state index in [4.69, 9.17) is 4.74 Å². The van der Waals surface area contributed by atoms with E-state index in [2.05, 4.69) is 41.8 Å². The van der Waals surface area contributed by atoms with E-state index in [1.165, 1.54) is 50.1 Å². The highest BCUT2D eigenvalue weighted by atomic mass is 16.5. The van der Waals surface area contributed by atoms with Crippen LogP contribution in [-0.2, 0) is 0 Å². The number of nitrogens with zero attached hydrogens (tertiary/aromatic N) is 2. The molecular weight excluding hydrogens is 248 g/mol. The van der Waals surface area contributed by atoms with Gasteiger partial charge in [0, 0.05) is 30.9 Å². The first kappa shape index (κ1) is 13.7. The summed E-state index contributed by atoms with van der Waals surface area (Å²) in [7, 11) is 1.74. The lowest BCUT2D eigenvalue weighted by Crippen LogP contribution is -2.56. The van der Waals surface area contributed by atoms with Crippen LogP contribution in [-0.4, -0.2) is 43.7 Å². The Morgan fingerprint density at radius 2 is 2.15 bits per heavy atom. The molecule has 0 aromatic heterocycles. The molecule has 110 valence electrons. The van der Waals surface area contributed by atoms with Crippen LogP contribution in [0.5, 0.6) is 5.75 Å². The molecule has 0 N–H and O–H groups in total. The van der Waals surface area contributed by atoms with Crippen LogP contribution in [0.3, 0.4) is 0 Å². The van der Waals surface area contributed by atoms with Crippen LogP contribution in [0.4, 0.5) is 5.69 Å². The molecule has 2 atom stereocenters. The Hall–Kier alpha value is -1.22. The molecule has 0 spiro atoms. The minimum Gasteiger partial charge on any atom is -0.497 e. The maximum Gasteiger partial charge on any atom is 0.119 e. The van der Waals surface area contributed by atoms with E-state index in [1.54, 1.807) is 7.11 Å². The van der Waals surface area contributed by atoms with Crippen LogP contribution >= 0.6 is 0 Å². The van der Waals surface area contributed by atoms with Crippen LogP contribution in [0, 0.1) is 6.92 Å². The van der Waals surface area contributed by atoms with E-state index >= 15 is 0 Å². The van der Waals surface area contributed by atoms with Gasteiger partial charge in [-0.1, -0.05) is 6.92 Å². The van der Waals surface area contributed by atoms with Gasteiger partial charge in [-0.05, 0) is 56.5 Å². The Morgan fingerprint density at radius 1 is 1.30 bits per heavy atom. The van der Waals surface area contributed by atoms with Crippen molar-refractivity contribution in [3.63, 3.8) is 0 Å². The first-order valence-corrected chi connectivity index (χ1v) is 7.88. The number of rotatable bonds is 3. The van der Waals surface area contributed by atoms with Crippen LogP contribution < -0.4 is 9.64 Å². The van der Waals surface area contributed by atoms with Gasteiger partial charge in [0.05, 0.1) is 7.11 Å². The van der Waals surface area contributed by atoms with Crippen molar-refractivity contribution in [3.8, 4) is 5.75 Å². The lowest BCUT2D eigenvalue weighted by molar-refractivity contribution is 0.194.